The minimum Gasteiger partial charge on any atom is -0.460 e. The Bertz CT molecular complexity index is 448. The van der Waals surface area contributed by atoms with Crippen molar-refractivity contribution in [1.29, 1.82) is 0 Å². The molecule has 0 amide bonds. The summed E-state index contributed by atoms with van der Waals surface area (Å²) in [4.78, 5) is 12.2. The predicted octanol–water partition coefficient (Wildman–Crippen LogP) is 1.55. The van der Waals surface area contributed by atoms with E-state index >= 15 is 0 Å². The second-order valence-corrected chi connectivity index (χ2v) is 6.03. The number of hydrogen-bond acceptors (Lipinski definition) is 4. The van der Waals surface area contributed by atoms with E-state index in [2.05, 4.69) is 17.3 Å². The standard InChI is InChI=1S/C14H23N3O2/c1-5-17-9-10(6-16-17)11-7-15-8-12(11)13(18)19-14(2,3)4/h6,9,11-12,15H,5,7-8H2,1-4H3. The lowest BCUT2D eigenvalue weighted by Crippen LogP contribution is -2.31. The quantitative estimate of drug-likeness (QED) is 0.842. The molecule has 1 aliphatic rings. The highest BCUT2D eigenvalue weighted by atomic mass is 16.6. The number of nitrogens with zero attached hydrogens (tertiary/aromatic N) is 2. The highest BCUT2D eigenvalue weighted by molar-refractivity contribution is 5.75. The summed E-state index contributed by atoms with van der Waals surface area (Å²) in [6.45, 7) is 10.1. The number of hydrogen-bond donors (Lipinski definition) is 1. The molecule has 1 aliphatic heterocycles. The summed E-state index contributed by atoms with van der Waals surface area (Å²) < 4.78 is 7.39. The molecular formula is C14H23N3O2. The SMILES string of the molecule is CCn1cc(C2CNCC2C(=O)OC(C)(C)C)cn1. The van der Waals surface area contributed by atoms with Gasteiger partial charge in [-0.2, -0.15) is 5.10 Å². The van der Waals surface area contributed by atoms with Crippen LogP contribution in [0.2, 0.25) is 0 Å². The van der Waals surface area contributed by atoms with E-state index in [0.717, 1.165) is 18.7 Å². The van der Waals surface area contributed by atoms with Gasteiger partial charge in [-0.15, -0.1) is 0 Å². The first kappa shape index (κ1) is 14.1. The van der Waals surface area contributed by atoms with Gasteiger partial charge < -0.3 is 10.1 Å². The molecule has 2 heterocycles. The van der Waals surface area contributed by atoms with Crippen molar-refractivity contribution in [2.24, 2.45) is 5.92 Å². The molecule has 1 aromatic heterocycles. The Morgan fingerprint density at radius 2 is 2.26 bits per heavy atom. The van der Waals surface area contributed by atoms with Crippen molar-refractivity contribution in [3.8, 4) is 0 Å². The summed E-state index contributed by atoms with van der Waals surface area (Å²) in [7, 11) is 0. The third-order valence-electron chi connectivity index (χ3n) is 3.33. The summed E-state index contributed by atoms with van der Waals surface area (Å²) >= 11 is 0. The van der Waals surface area contributed by atoms with Crippen LogP contribution in [0.1, 0.15) is 39.2 Å². The molecule has 19 heavy (non-hydrogen) atoms. The Labute approximate surface area is 114 Å². The number of esters is 1. The Balaban J connectivity index is 2.10. The second kappa shape index (κ2) is 5.33. The summed E-state index contributed by atoms with van der Waals surface area (Å²) in [5.74, 6) is -0.0735. The van der Waals surface area contributed by atoms with Crippen LogP contribution in [0.4, 0.5) is 0 Å². The van der Waals surface area contributed by atoms with E-state index in [-0.39, 0.29) is 17.8 Å². The number of nitrogens with one attached hydrogen (secondary N) is 1. The summed E-state index contributed by atoms with van der Waals surface area (Å²) in [5.41, 5.74) is 0.681. The maximum atomic E-state index is 12.2. The fraction of sp³-hybridized carbons (Fsp3) is 0.714. The minimum atomic E-state index is -0.433. The highest BCUT2D eigenvalue weighted by Crippen LogP contribution is 2.30. The summed E-state index contributed by atoms with van der Waals surface area (Å²) in [5, 5.41) is 7.56. The number of carbonyl (C=O) groups is 1. The highest BCUT2D eigenvalue weighted by Gasteiger charge is 2.37. The van der Waals surface area contributed by atoms with Crippen molar-refractivity contribution in [1.82, 2.24) is 15.1 Å². The van der Waals surface area contributed by atoms with Crippen LogP contribution in [0, 0.1) is 5.92 Å². The van der Waals surface area contributed by atoms with E-state index in [0.29, 0.717) is 6.54 Å². The fourth-order valence-corrected chi connectivity index (χ4v) is 2.40. The minimum absolute atomic E-state index is 0.117. The first-order valence-corrected chi connectivity index (χ1v) is 6.86. The van der Waals surface area contributed by atoms with E-state index < -0.39 is 5.60 Å². The van der Waals surface area contributed by atoms with Crippen LogP contribution < -0.4 is 5.32 Å². The zero-order valence-corrected chi connectivity index (χ0v) is 12.1. The molecule has 0 bridgehead atoms. The third-order valence-corrected chi connectivity index (χ3v) is 3.33. The first-order chi connectivity index (χ1) is 8.90. The molecule has 5 heteroatoms. The van der Waals surface area contributed by atoms with Gasteiger partial charge in [-0.25, -0.2) is 0 Å². The summed E-state index contributed by atoms with van der Waals surface area (Å²) in [6, 6.07) is 0. The van der Waals surface area contributed by atoms with Gasteiger partial charge in [0.2, 0.25) is 0 Å². The zero-order valence-electron chi connectivity index (χ0n) is 12.1. The van der Waals surface area contributed by atoms with Crippen LogP contribution in [-0.2, 0) is 16.1 Å². The molecule has 106 valence electrons. The van der Waals surface area contributed by atoms with Crippen LogP contribution in [0.3, 0.4) is 0 Å². The molecule has 5 nitrogen and oxygen atoms in total. The van der Waals surface area contributed by atoms with Gasteiger partial charge in [0.05, 0.1) is 12.1 Å². The lowest BCUT2D eigenvalue weighted by molar-refractivity contribution is -0.159. The zero-order chi connectivity index (χ0) is 14.0. The Morgan fingerprint density at radius 1 is 1.53 bits per heavy atom. The van der Waals surface area contributed by atoms with Gasteiger partial charge in [0.1, 0.15) is 5.60 Å². The first-order valence-electron chi connectivity index (χ1n) is 6.86. The average molecular weight is 265 g/mol. The van der Waals surface area contributed by atoms with Gasteiger partial charge in [-0.05, 0) is 33.3 Å². The number of carbonyl (C=O) groups excluding carboxylic acids is 1. The molecule has 1 saturated heterocycles. The second-order valence-electron chi connectivity index (χ2n) is 6.03. The Hall–Kier alpha value is -1.36. The molecule has 2 rings (SSSR count). The van der Waals surface area contributed by atoms with Gasteiger partial charge in [0.25, 0.3) is 0 Å². The van der Waals surface area contributed by atoms with Gasteiger partial charge in [0.15, 0.2) is 0 Å². The average Bonchev–Trinajstić information content (AvgIpc) is 2.95. The number of aromatic nitrogens is 2. The molecule has 2 unspecified atom stereocenters. The smallest absolute Gasteiger partial charge is 0.311 e. The molecule has 2 atom stereocenters. The van der Waals surface area contributed by atoms with Crippen molar-refractivity contribution in [2.75, 3.05) is 13.1 Å². The Kier molecular flexibility index (Phi) is 3.94. The topological polar surface area (TPSA) is 56.2 Å². The Morgan fingerprint density at radius 3 is 2.84 bits per heavy atom. The van der Waals surface area contributed by atoms with Gasteiger partial charge in [-0.3, -0.25) is 9.48 Å². The largest absolute Gasteiger partial charge is 0.460 e. The summed E-state index contributed by atoms with van der Waals surface area (Å²) in [6.07, 6.45) is 3.88. The van der Waals surface area contributed by atoms with Crippen molar-refractivity contribution in [2.45, 2.75) is 45.8 Å². The van der Waals surface area contributed by atoms with Gasteiger partial charge >= 0.3 is 5.97 Å². The van der Waals surface area contributed by atoms with Gasteiger partial charge in [0, 0.05) is 31.7 Å². The molecule has 0 aliphatic carbocycles. The molecular weight excluding hydrogens is 242 g/mol. The van der Waals surface area contributed by atoms with Crippen molar-refractivity contribution in [3.05, 3.63) is 18.0 Å². The number of aryl methyl sites for hydroxylation is 1. The van der Waals surface area contributed by atoms with Gasteiger partial charge in [-0.1, -0.05) is 0 Å². The van der Waals surface area contributed by atoms with Crippen LogP contribution >= 0.6 is 0 Å². The van der Waals surface area contributed by atoms with Crippen molar-refractivity contribution in [3.63, 3.8) is 0 Å². The molecule has 1 aromatic rings. The van der Waals surface area contributed by atoms with Crippen LogP contribution in [0.15, 0.2) is 12.4 Å². The van der Waals surface area contributed by atoms with E-state index in [1.54, 1.807) is 0 Å². The van der Waals surface area contributed by atoms with E-state index in [4.69, 9.17) is 4.74 Å². The van der Waals surface area contributed by atoms with E-state index in [1.165, 1.54) is 0 Å². The molecule has 0 aromatic carbocycles. The van der Waals surface area contributed by atoms with E-state index in [1.807, 2.05) is 37.8 Å². The molecule has 0 saturated carbocycles. The molecule has 0 radical (unpaired) electrons. The fourth-order valence-electron chi connectivity index (χ4n) is 2.40. The van der Waals surface area contributed by atoms with Crippen LogP contribution in [0.5, 0.6) is 0 Å². The number of rotatable bonds is 3. The maximum absolute atomic E-state index is 12.2. The molecule has 0 spiro atoms. The normalized spacial score (nSPS) is 23.6. The lowest BCUT2D eigenvalue weighted by atomic mass is 9.91. The van der Waals surface area contributed by atoms with Crippen molar-refractivity contribution < 1.29 is 9.53 Å². The third kappa shape index (κ3) is 3.35. The molecule has 1 fully saturated rings. The van der Waals surface area contributed by atoms with Crippen molar-refractivity contribution >= 4 is 5.97 Å². The molecule has 1 N–H and O–H groups in total. The predicted molar refractivity (Wildman–Crippen MR) is 72.8 cm³/mol. The monoisotopic (exact) mass is 265 g/mol. The lowest BCUT2D eigenvalue weighted by Gasteiger charge is -2.24. The van der Waals surface area contributed by atoms with Crippen LogP contribution in [-0.4, -0.2) is 34.4 Å². The van der Waals surface area contributed by atoms with E-state index in [9.17, 15) is 4.79 Å². The van der Waals surface area contributed by atoms with Crippen LogP contribution in [0.25, 0.3) is 0 Å². The maximum Gasteiger partial charge on any atom is 0.311 e. The number of ether oxygens (including phenoxy) is 1.